The summed E-state index contributed by atoms with van der Waals surface area (Å²) in [6, 6.07) is 1.75. The number of carbonyl (C=O) groups excluding carboxylic acids is 1. The van der Waals surface area contributed by atoms with E-state index in [0.717, 1.165) is 3.79 Å². The van der Waals surface area contributed by atoms with Crippen LogP contribution in [-0.2, 0) is 4.79 Å². The fourth-order valence-electron chi connectivity index (χ4n) is 1.37. The molecule has 6 heteroatoms. The summed E-state index contributed by atoms with van der Waals surface area (Å²) in [6.45, 7) is 4.18. The third-order valence-corrected chi connectivity index (χ3v) is 3.90. The standard InChI is InChI=1S/C11H14BrNO3S/c1-3-13(5-7(2)11(15)16)10(14)8-4-9(12)17-6-8/h4,6-7H,3,5H2,1-2H3,(H,15,16). The fourth-order valence-corrected chi connectivity index (χ4v) is 2.50. The molecule has 17 heavy (non-hydrogen) atoms. The molecule has 0 spiro atoms. The Balaban J connectivity index is 2.74. The third kappa shape index (κ3) is 3.81. The number of amides is 1. The molecule has 1 aromatic rings. The van der Waals surface area contributed by atoms with E-state index in [1.54, 1.807) is 23.3 Å². The molecule has 1 atom stereocenters. The van der Waals surface area contributed by atoms with Crippen molar-refractivity contribution in [2.75, 3.05) is 13.1 Å². The minimum Gasteiger partial charge on any atom is -0.481 e. The molecule has 0 aromatic carbocycles. The van der Waals surface area contributed by atoms with Crippen LogP contribution in [0, 0.1) is 5.92 Å². The zero-order chi connectivity index (χ0) is 13.0. The molecular formula is C11H14BrNO3S. The second-order valence-electron chi connectivity index (χ2n) is 3.72. The van der Waals surface area contributed by atoms with Crippen molar-refractivity contribution in [2.24, 2.45) is 5.92 Å². The summed E-state index contributed by atoms with van der Waals surface area (Å²) in [5.74, 6) is -1.56. The van der Waals surface area contributed by atoms with E-state index in [4.69, 9.17) is 5.11 Å². The number of carboxylic acids is 1. The molecule has 1 rings (SSSR count). The number of rotatable bonds is 5. The predicted molar refractivity (Wildman–Crippen MR) is 70.4 cm³/mol. The molecule has 1 heterocycles. The van der Waals surface area contributed by atoms with Gasteiger partial charge in [-0.05, 0) is 28.9 Å². The first kappa shape index (κ1) is 14.2. The maximum atomic E-state index is 12.1. The van der Waals surface area contributed by atoms with Crippen LogP contribution in [0.25, 0.3) is 0 Å². The number of thiophene rings is 1. The Morgan fingerprint density at radius 2 is 2.24 bits per heavy atom. The van der Waals surface area contributed by atoms with Crippen molar-refractivity contribution in [3.63, 3.8) is 0 Å². The largest absolute Gasteiger partial charge is 0.481 e. The van der Waals surface area contributed by atoms with Gasteiger partial charge in [-0.25, -0.2) is 0 Å². The Labute approximate surface area is 112 Å². The lowest BCUT2D eigenvalue weighted by Gasteiger charge is -2.22. The van der Waals surface area contributed by atoms with Crippen LogP contribution in [0.15, 0.2) is 15.2 Å². The number of carbonyl (C=O) groups is 2. The van der Waals surface area contributed by atoms with Crippen molar-refractivity contribution < 1.29 is 14.7 Å². The lowest BCUT2D eigenvalue weighted by atomic mass is 10.1. The van der Waals surface area contributed by atoms with Crippen LogP contribution < -0.4 is 0 Å². The van der Waals surface area contributed by atoms with E-state index in [9.17, 15) is 9.59 Å². The first-order valence-corrected chi connectivity index (χ1v) is 6.89. The van der Waals surface area contributed by atoms with Gasteiger partial charge in [-0.15, -0.1) is 11.3 Å². The zero-order valence-electron chi connectivity index (χ0n) is 9.64. The number of carboxylic acid groups (broad SMARTS) is 1. The molecule has 0 fully saturated rings. The van der Waals surface area contributed by atoms with Crippen LogP contribution in [0.1, 0.15) is 24.2 Å². The van der Waals surface area contributed by atoms with Crippen LogP contribution in [-0.4, -0.2) is 35.0 Å². The van der Waals surface area contributed by atoms with Crippen LogP contribution in [0.4, 0.5) is 0 Å². The highest BCUT2D eigenvalue weighted by atomic mass is 79.9. The molecular weight excluding hydrogens is 306 g/mol. The van der Waals surface area contributed by atoms with Gasteiger partial charge in [-0.1, -0.05) is 6.92 Å². The molecule has 1 aromatic heterocycles. The molecule has 0 saturated carbocycles. The summed E-state index contributed by atoms with van der Waals surface area (Å²) in [5, 5.41) is 10.6. The van der Waals surface area contributed by atoms with Gasteiger partial charge in [0.15, 0.2) is 0 Å². The Morgan fingerprint density at radius 3 is 2.65 bits per heavy atom. The summed E-state index contributed by atoms with van der Waals surface area (Å²) in [5.41, 5.74) is 0.598. The Hall–Kier alpha value is -0.880. The first-order chi connectivity index (χ1) is 7.95. The van der Waals surface area contributed by atoms with Crippen LogP contribution in [0.5, 0.6) is 0 Å². The normalized spacial score (nSPS) is 12.2. The smallest absolute Gasteiger partial charge is 0.308 e. The van der Waals surface area contributed by atoms with E-state index in [2.05, 4.69) is 15.9 Å². The number of hydrogen-bond donors (Lipinski definition) is 1. The summed E-state index contributed by atoms with van der Waals surface area (Å²) in [4.78, 5) is 24.4. The predicted octanol–water partition coefficient (Wildman–Crippen LogP) is 2.69. The highest BCUT2D eigenvalue weighted by molar-refractivity contribution is 9.11. The summed E-state index contributed by atoms with van der Waals surface area (Å²) < 4.78 is 0.892. The lowest BCUT2D eigenvalue weighted by molar-refractivity contribution is -0.141. The van der Waals surface area contributed by atoms with Gasteiger partial charge in [0.05, 0.1) is 15.3 Å². The zero-order valence-corrected chi connectivity index (χ0v) is 12.0. The third-order valence-electron chi connectivity index (χ3n) is 2.40. The number of halogens is 1. The fraction of sp³-hybridized carbons (Fsp3) is 0.455. The van der Waals surface area contributed by atoms with Crippen molar-refractivity contribution in [3.8, 4) is 0 Å². The second-order valence-corrected chi connectivity index (χ2v) is 6.01. The molecule has 0 radical (unpaired) electrons. The quantitative estimate of drug-likeness (QED) is 0.907. The van der Waals surface area contributed by atoms with Gasteiger partial charge in [0, 0.05) is 18.5 Å². The van der Waals surface area contributed by atoms with Crippen LogP contribution >= 0.6 is 27.3 Å². The van der Waals surface area contributed by atoms with Gasteiger partial charge < -0.3 is 10.0 Å². The molecule has 0 bridgehead atoms. The summed E-state index contributed by atoms with van der Waals surface area (Å²) >= 11 is 4.74. The topological polar surface area (TPSA) is 57.6 Å². The molecule has 94 valence electrons. The van der Waals surface area contributed by atoms with Crippen molar-refractivity contribution in [2.45, 2.75) is 13.8 Å². The van der Waals surface area contributed by atoms with Gasteiger partial charge >= 0.3 is 5.97 Å². The maximum absolute atomic E-state index is 12.1. The number of nitrogens with zero attached hydrogens (tertiary/aromatic N) is 1. The molecule has 0 aliphatic heterocycles. The Bertz CT molecular complexity index is 419. The van der Waals surface area contributed by atoms with Crippen molar-refractivity contribution in [3.05, 3.63) is 20.8 Å². The van der Waals surface area contributed by atoms with Crippen molar-refractivity contribution in [1.82, 2.24) is 4.90 Å². The SMILES string of the molecule is CCN(CC(C)C(=O)O)C(=O)c1csc(Br)c1. The number of aliphatic carboxylic acids is 1. The second kappa shape index (κ2) is 6.16. The number of hydrogen-bond acceptors (Lipinski definition) is 3. The molecule has 0 aliphatic rings. The van der Waals surface area contributed by atoms with E-state index in [1.807, 2.05) is 6.92 Å². The Morgan fingerprint density at radius 1 is 1.59 bits per heavy atom. The van der Waals surface area contributed by atoms with E-state index in [-0.39, 0.29) is 12.5 Å². The Kier molecular flexibility index (Phi) is 5.14. The van der Waals surface area contributed by atoms with Gasteiger partial charge in [-0.3, -0.25) is 9.59 Å². The maximum Gasteiger partial charge on any atom is 0.308 e. The van der Waals surface area contributed by atoms with Crippen LogP contribution in [0.3, 0.4) is 0 Å². The average molecular weight is 320 g/mol. The minimum absolute atomic E-state index is 0.123. The van der Waals surface area contributed by atoms with Gasteiger partial charge in [0.1, 0.15) is 0 Å². The van der Waals surface area contributed by atoms with Gasteiger partial charge in [0.25, 0.3) is 5.91 Å². The monoisotopic (exact) mass is 319 g/mol. The van der Waals surface area contributed by atoms with Gasteiger partial charge in [0.2, 0.25) is 0 Å². The molecule has 1 amide bonds. The molecule has 1 N–H and O–H groups in total. The van der Waals surface area contributed by atoms with Crippen molar-refractivity contribution >= 4 is 39.1 Å². The molecule has 0 aliphatic carbocycles. The molecule has 1 unspecified atom stereocenters. The highest BCUT2D eigenvalue weighted by Gasteiger charge is 2.20. The summed E-state index contributed by atoms with van der Waals surface area (Å²) in [7, 11) is 0. The molecule has 0 saturated heterocycles. The summed E-state index contributed by atoms with van der Waals surface area (Å²) in [6.07, 6.45) is 0. The van der Waals surface area contributed by atoms with E-state index < -0.39 is 11.9 Å². The van der Waals surface area contributed by atoms with Crippen LogP contribution in [0.2, 0.25) is 0 Å². The van der Waals surface area contributed by atoms with E-state index in [0.29, 0.717) is 12.1 Å². The van der Waals surface area contributed by atoms with Gasteiger partial charge in [-0.2, -0.15) is 0 Å². The molecule has 4 nitrogen and oxygen atoms in total. The average Bonchev–Trinajstić information content (AvgIpc) is 2.71. The lowest BCUT2D eigenvalue weighted by Crippen LogP contribution is -2.36. The van der Waals surface area contributed by atoms with Crippen molar-refractivity contribution in [1.29, 1.82) is 0 Å². The van der Waals surface area contributed by atoms with E-state index in [1.165, 1.54) is 11.3 Å². The first-order valence-electron chi connectivity index (χ1n) is 5.21. The highest BCUT2D eigenvalue weighted by Crippen LogP contribution is 2.22. The minimum atomic E-state index is -0.886. The van der Waals surface area contributed by atoms with E-state index >= 15 is 0 Å².